The van der Waals surface area contributed by atoms with Gasteiger partial charge in [0.25, 0.3) is 0 Å². The van der Waals surface area contributed by atoms with Crippen molar-refractivity contribution in [3.8, 4) is 0 Å². The fourth-order valence-electron chi connectivity index (χ4n) is 1.92. The summed E-state index contributed by atoms with van der Waals surface area (Å²) in [6.45, 7) is 6.97. The van der Waals surface area contributed by atoms with Crippen LogP contribution in [-0.4, -0.2) is 32.3 Å². The fourth-order valence-corrected chi connectivity index (χ4v) is 4.31. The molecule has 96 valence electrons. The van der Waals surface area contributed by atoms with Crippen molar-refractivity contribution in [1.29, 1.82) is 0 Å². The van der Waals surface area contributed by atoms with E-state index in [4.69, 9.17) is 8.85 Å². The molecule has 0 aromatic heterocycles. The van der Waals surface area contributed by atoms with Crippen LogP contribution in [0.15, 0.2) is 24.3 Å². The third-order valence-corrected chi connectivity index (χ3v) is 7.11. The van der Waals surface area contributed by atoms with E-state index in [1.54, 1.807) is 14.2 Å². The number of hydrogen-bond donors (Lipinski definition) is 0. The molecular formula is C13H24O2Si2. The Morgan fingerprint density at radius 1 is 1.06 bits per heavy atom. The van der Waals surface area contributed by atoms with Gasteiger partial charge in [0.1, 0.15) is 0 Å². The van der Waals surface area contributed by atoms with Crippen LogP contribution < -0.4 is 5.19 Å². The predicted octanol–water partition coefficient (Wildman–Crippen LogP) is 2.00. The second-order valence-electron chi connectivity index (χ2n) is 4.86. The molecule has 0 spiro atoms. The first-order chi connectivity index (χ1) is 8.08. The Morgan fingerprint density at radius 3 is 2.00 bits per heavy atom. The van der Waals surface area contributed by atoms with Gasteiger partial charge >= 0.3 is 9.28 Å². The van der Waals surface area contributed by atoms with Crippen LogP contribution >= 0.6 is 0 Å². The first-order valence-electron chi connectivity index (χ1n) is 6.24. The quantitative estimate of drug-likeness (QED) is 0.735. The van der Waals surface area contributed by atoms with Gasteiger partial charge in [-0.2, -0.15) is 0 Å². The maximum Gasteiger partial charge on any atom is 0.321 e. The summed E-state index contributed by atoms with van der Waals surface area (Å²) < 4.78 is 10.8. The first kappa shape index (κ1) is 14.6. The van der Waals surface area contributed by atoms with Crippen molar-refractivity contribution < 1.29 is 8.85 Å². The van der Waals surface area contributed by atoms with Crippen molar-refractivity contribution >= 4 is 23.3 Å². The maximum absolute atomic E-state index is 5.38. The molecule has 1 rings (SSSR count). The lowest BCUT2D eigenvalue weighted by Crippen LogP contribution is -2.23. The summed E-state index contributed by atoms with van der Waals surface area (Å²) in [5.41, 5.74) is 1.40. The van der Waals surface area contributed by atoms with Crippen molar-refractivity contribution in [2.75, 3.05) is 14.2 Å². The van der Waals surface area contributed by atoms with Gasteiger partial charge in [-0.3, -0.25) is 0 Å². The molecule has 0 fully saturated rings. The summed E-state index contributed by atoms with van der Waals surface area (Å²) in [6, 6.07) is 10.1. The zero-order valence-electron chi connectivity index (χ0n) is 11.6. The summed E-state index contributed by atoms with van der Waals surface area (Å²) in [5, 5.41) is 1.54. The van der Waals surface area contributed by atoms with E-state index in [0.717, 1.165) is 6.04 Å². The molecule has 0 saturated heterocycles. The van der Waals surface area contributed by atoms with Gasteiger partial charge in [0.05, 0.1) is 8.80 Å². The Labute approximate surface area is 108 Å². The van der Waals surface area contributed by atoms with Crippen LogP contribution in [0.2, 0.25) is 19.1 Å². The Balaban J connectivity index is 2.66. The third kappa shape index (κ3) is 4.39. The minimum atomic E-state index is -1.44. The monoisotopic (exact) mass is 268 g/mol. The van der Waals surface area contributed by atoms with Gasteiger partial charge in [-0.15, -0.1) is 0 Å². The van der Waals surface area contributed by atoms with Crippen molar-refractivity contribution in [3.05, 3.63) is 29.8 Å². The minimum Gasteiger partial charge on any atom is -0.400 e. The topological polar surface area (TPSA) is 18.5 Å². The zero-order chi connectivity index (χ0) is 12.8. The highest BCUT2D eigenvalue weighted by molar-refractivity contribution is 6.70. The highest BCUT2D eigenvalue weighted by atomic mass is 28.3. The van der Waals surface area contributed by atoms with Crippen LogP contribution in [0.25, 0.3) is 0 Å². The molecule has 1 atom stereocenters. The van der Waals surface area contributed by atoms with Gasteiger partial charge in [0.2, 0.25) is 0 Å². The molecule has 0 saturated carbocycles. The van der Waals surface area contributed by atoms with Crippen LogP contribution in [0.4, 0.5) is 0 Å². The Bertz CT molecular complexity index is 321. The van der Waals surface area contributed by atoms with Gasteiger partial charge in [-0.1, -0.05) is 49.5 Å². The molecule has 2 nitrogen and oxygen atoms in total. The van der Waals surface area contributed by atoms with Gasteiger partial charge in [-0.05, 0) is 17.5 Å². The fraction of sp³-hybridized carbons (Fsp3) is 0.538. The molecule has 17 heavy (non-hydrogen) atoms. The van der Waals surface area contributed by atoms with E-state index in [2.05, 4.69) is 44.3 Å². The average molecular weight is 269 g/mol. The summed E-state index contributed by atoms with van der Waals surface area (Å²) in [6.07, 6.45) is 0. The zero-order valence-corrected chi connectivity index (χ0v) is 13.9. The molecular weight excluding hydrogens is 244 g/mol. The van der Waals surface area contributed by atoms with Crippen LogP contribution in [-0.2, 0) is 8.85 Å². The molecule has 0 aliphatic carbocycles. The molecule has 4 heteroatoms. The van der Waals surface area contributed by atoms with Gasteiger partial charge in [0.15, 0.2) is 0 Å². The summed E-state index contributed by atoms with van der Waals surface area (Å²) in [4.78, 5) is 0. The molecule has 1 aromatic rings. The summed E-state index contributed by atoms with van der Waals surface area (Å²) in [7, 11) is 1.40. The largest absolute Gasteiger partial charge is 0.400 e. The van der Waals surface area contributed by atoms with Crippen molar-refractivity contribution in [2.45, 2.75) is 32.0 Å². The second kappa shape index (κ2) is 7.11. The molecule has 0 N–H and O–H groups in total. The van der Waals surface area contributed by atoms with Crippen molar-refractivity contribution in [3.63, 3.8) is 0 Å². The third-order valence-electron chi connectivity index (χ3n) is 3.24. The number of rotatable bonds is 6. The number of benzene rings is 1. The Kier molecular flexibility index (Phi) is 6.12. The van der Waals surface area contributed by atoms with Crippen LogP contribution in [0.5, 0.6) is 0 Å². The molecule has 0 bridgehead atoms. The highest BCUT2D eigenvalue weighted by Crippen LogP contribution is 2.20. The van der Waals surface area contributed by atoms with E-state index in [1.807, 2.05) is 0 Å². The predicted molar refractivity (Wildman–Crippen MR) is 79.3 cm³/mol. The summed E-state index contributed by atoms with van der Waals surface area (Å²) >= 11 is 0. The molecule has 0 amide bonds. The highest BCUT2D eigenvalue weighted by Gasteiger charge is 2.16. The SMILES string of the molecule is CO[SiH](CC(C)c1ccc([SiH](C)C)cc1)OC. The molecule has 0 aliphatic rings. The van der Waals surface area contributed by atoms with E-state index in [0.29, 0.717) is 5.92 Å². The van der Waals surface area contributed by atoms with Crippen LogP contribution in [0.1, 0.15) is 18.4 Å². The average Bonchev–Trinajstić information content (AvgIpc) is 2.35. The standard InChI is InChI=1S/C13H24O2Si2/c1-11(10-17(14-2)15-3)12-6-8-13(9-7-12)16(4)5/h6-9,11,16-17H,10H2,1-5H3. The lowest BCUT2D eigenvalue weighted by Gasteiger charge is -2.17. The second-order valence-corrected chi connectivity index (χ2v) is 10.1. The lowest BCUT2D eigenvalue weighted by molar-refractivity contribution is 0.275. The number of hydrogen-bond acceptors (Lipinski definition) is 2. The van der Waals surface area contributed by atoms with Gasteiger partial charge in [-0.25, -0.2) is 0 Å². The Hall–Kier alpha value is -0.426. The molecule has 0 aliphatic heterocycles. The van der Waals surface area contributed by atoms with Crippen molar-refractivity contribution in [2.24, 2.45) is 0 Å². The van der Waals surface area contributed by atoms with Crippen molar-refractivity contribution in [1.82, 2.24) is 0 Å². The maximum atomic E-state index is 5.38. The first-order valence-corrected chi connectivity index (χ1v) is 10.9. The van der Waals surface area contributed by atoms with E-state index in [-0.39, 0.29) is 0 Å². The normalized spacial score (nSPS) is 13.4. The molecule has 1 aromatic carbocycles. The summed E-state index contributed by atoms with van der Waals surface area (Å²) in [5.74, 6) is 0.523. The molecule has 0 heterocycles. The Morgan fingerprint density at radius 2 is 1.59 bits per heavy atom. The van der Waals surface area contributed by atoms with E-state index in [9.17, 15) is 0 Å². The molecule has 1 unspecified atom stereocenters. The lowest BCUT2D eigenvalue weighted by atomic mass is 10.0. The smallest absolute Gasteiger partial charge is 0.321 e. The van der Waals surface area contributed by atoms with Crippen LogP contribution in [0.3, 0.4) is 0 Å². The van der Waals surface area contributed by atoms with E-state index >= 15 is 0 Å². The van der Waals surface area contributed by atoms with E-state index in [1.165, 1.54) is 10.8 Å². The van der Waals surface area contributed by atoms with Gasteiger partial charge in [0, 0.05) is 14.2 Å². The minimum absolute atomic E-state index is 0.523. The van der Waals surface area contributed by atoms with Crippen LogP contribution in [0, 0.1) is 0 Å². The molecule has 0 radical (unpaired) electrons. The van der Waals surface area contributed by atoms with Gasteiger partial charge < -0.3 is 8.85 Å². The van der Waals surface area contributed by atoms with E-state index < -0.39 is 18.1 Å².